The number of carbonyl (C=O) groups is 2. The van der Waals surface area contributed by atoms with Crippen LogP contribution in [0, 0.1) is 0 Å². The average Bonchev–Trinajstić information content (AvgIpc) is 2.91. The van der Waals surface area contributed by atoms with Gasteiger partial charge in [0, 0.05) is 43.5 Å². The van der Waals surface area contributed by atoms with Crippen molar-refractivity contribution in [3.05, 3.63) is 48.0 Å². The first-order valence-corrected chi connectivity index (χ1v) is 6.29. The van der Waals surface area contributed by atoms with Crippen molar-refractivity contribution in [1.29, 1.82) is 0 Å². The summed E-state index contributed by atoms with van der Waals surface area (Å²) in [6.45, 7) is 1.92. The van der Waals surface area contributed by atoms with Crippen LogP contribution < -0.4 is 10.6 Å². The molecule has 0 fully saturated rings. The first-order valence-electron chi connectivity index (χ1n) is 6.29. The number of amides is 2. The molecule has 0 spiro atoms. The molecule has 2 rings (SSSR count). The van der Waals surface area contributed by atoms with Gasteiger partial charge >= 0.3 is 0 Å². The summed E-state index contributed by atoms with van der Waals surface area (Å²) >= 11 is 0. The van der Waals surface area contributed by atoms with Crippen LogP contribution in [0.25, 0.3) is 0 Å². The third kappa shape index (κ3) is 3.94. The highest BCUT2D eigenvalue weighted by atomic mass is 16.2. The number of rotatable bonds is 5. The summed E-state index contributed by atoms with van der Waals surface area (Å²) < 4.78 is 0. The van der Waals surface area contributed by atoms with Gasteiger partial charge in [-0.2, -0.15) is 0 Å². The fourth-order valence-corrected chi connectivity index (χ4v) is 1.77. The number of hydrogen-bond acceptors (Lipinski definition) is 3. The van der Waals surface area contributed by atoms with Crippen LogP contribution >= 0.6 is 0 Å². The van der Waals surface area contributed by atoms with E-state index in [1.807, 2.05) is 0 Å². The summed E-state index contributed by atoms with van der Waals surface area (Å²) in [5.74, 6) is 0.487. The number of aromatic amines is 1. The molecular formula is C14H16N4O2. The topological polar surface area (TPSA) is 86.9 Å². The number of aromatic nitrogens is 2. The zero-order valence-corrected chi connectivity index (χ0v) is 11.1. The van der Waals surface area contributed by atoms with Gasteiger partial charge in [0.1, 0.15) is 5.82 Å². The SMILES string of the molecule is CC(=O)Nc1cccc(C(=O)NCCc2ncc[nH]2)c1. The number of imidazole rings is 1. The van der Waals surface area contributed by atoms with E-state index in [-0.39, 0.29) is 11.8 Å². The lowest BCUT2D eigenvalue weighted by Gasteiger charge is -2.06. The lowest BCUT2D eigenvalue weighted by molar-refractivity contribution is -0.114. The molecule has 20 heavy (non-hydrogen) atoms. The minimum Gasteiger partial charge on any atom is -0.352 e. The standard InChI is InChI=1S/C14H16N4O2/c1-10(19)18-12-4-2-3-11(9-12)14(20)17-6-5-13-15-7-8-16-13/h2-4,7-9H,5-6H2,1H3,(H,15,16)(H,17,20)(H,18,19). The molecule has 1 heterocycles. The van der Waals surface area contributed by atoms with E-state index in [0.717, 1.165) is 5.82 Å². The summed E-state index contributed by atoms with van der Waals surface area (Å²) in [4.78, 5) is 30.0. The smallest absolute Gasteiger partial charge is 0.251 e. The summed E-state index contributed by atoms with van der Waals surface area (Å²) in [6.07, 6.45) is 4.06. The monoisotopic (exact) mass is 272 g/mol. The third-order valence-corrected chi connectivity index (χ3v) is 2.65. The number of nitrogens with zero attached hydrogens (tertiary/aromatic N) is 1. The Hall–Kier alpha value is -2.63. The van der Waals surface area contributed by atoms with Gasteiger partial charge in [-0.25, -0.2) is 4.98 Å². The molecule has 3 N–H and O–H groups in total. The molecule has 1 aromatic carbocycles. The van der Waals surface area contributed by atoms with Crippen molar-refractivity contribution in [2.75, 3.05) is 11.9 Å². The van der Waals surface area contributed by atoms with Crippen LogP contribution in [-0.4, -0.2) is 28.3 Å². The van der Waals surface area contributed by atoms with Gasteiger partial charge in [-0.3, -0.25) is 9.59 Å². The van der Waals surface area contributed by atoms with E-state index < -0.39 is 0 Å². The first-order chi connectivity index (χ1) is 9.65. The average molecular weight is 272 g/mol. The molecule has 0 saturated carbocycles. The predicted octanol–water partition coefficient (Wildman–Crippen LogP) is 1.34. The molecule has 1 aromatic heterocycles. The second-order valence-corrected chi connectivity index (χ2v) is 4.30. The van der Waals surface area contributed by atoms with E-state index in [1.54, 1.807) is 36.7 Å². The fourth-order valence-electron chi connectivity index (χ4n) is 1.77. The van der Waals surface area contributed by atoms with Crippen molar-refractivity contribution in [1.82, 2.24) is 15.3 Å². The predicted molar refractivity (Wildman–Crippen MR) is 75.4 cm³/mol. The van der Waals surface area contributed by atoms with E-state index in [4.69, 9.17) is 0 Å². The highest BCUT2D eigenvalue weighted by molar-refractivity contribution is 5.96. The van der Waals surface area contributed by atoms with Gasteiger partial charge in [0.2, 0.25) is 5.91 Å². The summed E-state index contributed by atoms with van der Waals surface area (Å²) in [7, 11) is 0. The van der Waals surface area contributed by atoms with Crippen molar-refractivity contribution >= 4 is 17.5 Å². The van der Waals surface area contributed by atoms with Gasteiger partial charge in [0.05, 0.1) is 0 Å². The van der Waals surface area contributed by atoms with Gasteiger partial charge < -0.3 is 15.6 Å². The van der Waals surface area contributed by atoms with Crippen LogP contribution in [0.1, 0.15) is 23.1 Å². The number of H-pyrrole nitrogens is 1. The minimum absolute atomic E-state index is 0.166. The van der Waals surface area contributed by atoms with Crippen LogP contribution in [0.2, 0.25) is 0 Å². The zero-order valence-electron chi connectivity index (χ0n) is 11.1. The van der Waals surface area contributed by atoms with E-state index >= 15 is 0 Å². The molecule has 2 amide bonds. The molecule has 0 aliphatic rings. The number of nitrogens with one attached hydrogen (secondary N) is 3. The Bertz CT molecular complexity index is 593. The molecule has 0 saturated heterocycles. The van der Waals surface area contributed by atoms with Crippen molar-refractivity contribution in [3.8, 4) is 0 Å². The first kappa shape index (κ1) is 13.8. The Morgan fingerprint density at radius 3 is 2.90 bits per heavy atom. The number of anilines is 1. The lowest BCUT2D eigenvalue weighted by atomic mass is 10.2. The maximum absolute atomic E-state index is 12.0. The number of hydrogen-bond donors (Lipinski definition) is 3. The molecule has 0 aliphatic heterocycles. The Kier molecular flexibility index (Phi) is 4.49. The molecule has 0 atom stereocenters. The number of benzene rings is 1. The maximum Gasteiger partial charge on any atom is 0.251 e. The largest absolute Gasteiger partial charge is 0.352 e. The summed E-state index contributed by atoms with van der Waals surface area (Å²) in [5.41, 5.74) is 1.12. The highest BCUT2D eigenvalue weighted by Gasteiger charge is 2.06. The normalized spacial score (nSPS) is 10.1. The molecule has 0 bridgehead atoms. The zero-order chi connectivity index (χ0) is 14.4. The molecular weight excluding hydrogens is 256 g/mol. The second-order valence-electron chi connectivity index (χ2n) is 4.30. The Balaban J connectivity index is 1.90. The highest BCUT2D eigenvalue weighted by Crippen LogP contribution is 2.10. The molecule has 2 aromatic rings. The van der Waals surface area contributed by atoms with Crippen molar-refractivity contribution in [2.45, 2.75) is 13.3 Å². The van der Waals surface area contributed by atoms with Crippen LogP contribution in [0.4, 0.5) is 5.69 Å². The summed E-state index contributed by atoms with van der Waals surface area (Å²) in [5, 5.41) is 5.45. The van der Waals surface area contributed by atoms with Gasteiger partial charge in [-0.1, -0.05) is 6.07 Å². The molecule has 0 radical (unpaired) electrons. The van der Waals surface area contributed by atoms with Gasteiger partial charge in [-0.05, 0) is 18.2 Å². The summed E-state index contributed by atoms with van der Waals surface area (Å²) in [6, 6.07) is 6.81. The van der Waals surface area contributed by atoms with Crippen LogP contribution in [0.5, 0.6) is 0 Å². The number of carbonyl (C=O) groups excluding carboxylic acids is 2. The fraction of sp³-hybridized carbons (Fsp3) is 0.214. The van der Waals surface area contributed by atoms with Crippen molar-refractivity contribution in [3.63, 3.8) is 0 Å². The Labute approximate surface area is 116 Å². The van der Waals surface area contributed by atoms with Crippen LogP contribution in [0.15, 0.2) is 36.7 Å². The second kappa shape index (κ2) is 6.51. The van der Waals surface area contributed by atoms with Gasteiger partial charge in [0.15, 0.2) is 0 Å². The van der Waals surface area contributed by atoms with Gasteiger partial charge in [0.25, 0.3) is 5.91 Å². The molecule has 0 unspecified atom stereocenters. The molecule has 6 nitrogen and oxygen atoms in total. The van der Waals surface area contributed by atoms with Crippen LogP contribution in [-0.2, 0) is 11.2 Å². The van der Waals surface area contributed by atoms with Gasteiger partial charge in [-0.15, -0.1) is 0 Å². The van der Waals surface area contributed by atoms with E-state index in [1.165, 1.54) is 6.92 Å². The van der Waals surface area contributed by atoms with E-state index in [0.29, 0.717) is 24.2 Å². The van der Waals surface area contributed by atoms with E-state index in [9.17, 15) is 9.59 Å². The Morgan fingerprint density at radius 2 is 2.20 bits per heavy atom. The third-order valence-electron chi connectivity index (χ3n) is 2.65. The van der Waals surface area contributed by atoms with Crippen molar-refractivity contribution in [2.24, 2.45) is 0 Å². The van der Waals surface area contributed by atoms with Crippen molar-refractivity contribution < 1.29 is 9.59 Å². The molecule has 0 aliphatic carbocycles. The molecule has 104 valence electrons. The minimum atomic E-state index is -0.177. The quantitative estimate of drug-likeness (QED) is 0.767. The van der Waals surface area contributed by atoms with E-state index in [2.05, 4.69) is 20.6 Å². The van der Waals surface area contributed by atoms with Crippen LogP contribution in [0.3, 0.4) is 0 Å². The maximum atomic E-state index is 12.0. The lowest BCUT2D eigenvalue weighted by Crippen LogP contribution is -2.26. The Morgan fingerprint density at radius 1 is 1.35 bits per heavy atom. The molecule has 6 heteroatoms.